The Hall–Kier alpha value is -2.99. The maximum atomic E-state index is 12.7. The number of nitrogens with zero attached hydrogens (tertiary/aromatic N) is 1. The van der Waals surface area contributed by atoms with Crippen LogP contribution in [0.25, 0.3) is 6.08 Å². The van der Waals surface area contributed by atoms with Crippen LogP contribution in [-0.4, -0.2) is 38.1 Å². The first-order chi connectivity index (χ1) is 15.4. The lowest BCUT2D eigenvalue weighted by Gasteiger charge is -2.39. The molecule has 1 saturated heterocycles. The molecule has 6 nitrogen and oxygen atoms in total. The van der Waals surface area contributed by atoms with Crippen LogP contribution in [0.3, 0.4) is 0 Å². The maximum absolute atomic E-state index is 12.7. The highest BCUT2D eigenvalue weighted by Crippen LogP contribution is 2.31. The van der Waals surface area contributed by atoms with Crippen LogP contribution in [0, 0.1) is 5.92 Å². The highest BCUT2D eigenvalue weighted by molar-refractivity contribution is 6.30. The zero-order valence-corrected chi connectivity index (χ0v) is 19.1. The largest absolute Gasteiger partial charge is 0.483 e. The van der Waals surface area contributed by atoms with Crippen LogP contribution in [0.2, 0.25) is 5.02 Å². The zero-order valence-electron chi connectivity index (χ0n) is 18.3. The fourth-order valence-corrected chi connectivity index (χ4v) is 4.31. The van der Waals surface area contributed by atoms with E-state index < -0.39 is 0 Å². The Balaban J connectivity index is 1.31. The minimum absolute atomic E-state index is 0.0249. The number of rotatable bonds is 5. The van der Waals surface area contributed by atoms with Gasteiger partial charge >= 0.3 is 0 Å². The molecule has 2 amide bonds. The van der Waals surface area contributed by atoms with Gasteiger partial charge in [-0.1, -0.05) is 35.9 Å². The minimum Gasteiger partial charge on any atom is -0.483 e. The Bertz CT molecular complexity index is 1000. The molecule has 1 aliphatic heterocycles. The Morgan fingerprint density at radius 3 is 2.56 bits per heavy atom. The first-order valence-corrected chi connectivity index (χ1v) is 11.3. The molecule has 3 atom stereocenters. The molecule has 0 bridgehead atoms. The molecule has 7 heteroatoms. The minimum atomic E-state index is -0.247. The summed E-state index contributed by atoms with van der Waals surface area (Å²) in [5, 5.41) is 6.72. The van der Waals surface area contributed by atoms with Crippen molar-refractivity contribution < 1.29 is 14.3 Å². The lowest BCUT2D eigenvalue weighted by atomic mass is 9.82. The molecule has 0 spiro atoms. The van der Waals surface area contributed by atoms with Gasteiger partial charge in [0.2, 0.25) is 5.91 Å². The molecule has 2 aliphatic rings. The fourth-order valence-electron chi connectivity index (χ4n) is 4.19. The first kappa shape index (κ1) is 22.2. The summed E-state index contributed by atoms with van der Waals surface area (Å²) in [6.45, 7) is 0.494. The standard InChI is InChI=1S/C25H28ClN3O3/c1-29(2)20-10-5-17(6-11-20)15-27-24(30)18-7-12-22-21(14-18)28-25(31)23(32-22)13-16-3-8-19(26)9-4-16/h3-6,8-11,13,18,21-22H,7,12,14-15H2,1-2H3,(H,27,30)(H,28,31)/b23-13+. The maximum Gasteiger partial charge on any atom is 0.286 e. The van der Waals surface area contributed by atoms with Crippen molar-refractivity contribution >= 4 is 35.2 Å². The Morgan fingerprint density at radius 1 is 1.16 bits per heavy atom. The van der Waals surface area contributed by atoms with Gasteiger partial charge in [-0.2, -0.15) is 0 Å². The second kappa shape index (κ2) is 9.65. The molecular formula is C25H28ClN3O3. The molecule has 0 aromatic heterocycles. The van der Waals surface area contributed by atoms with Gasteiger partial charge in [0, 0.05) is 37.3 Å². The fraction of sp³-hybridized carbons (Fsp3) is 0.360. The van der Waals surface area contributed by atoms with Crippen molar-refractivity contribution in [1.82, 2.24) is 10.6 Å². The summed E-state index contributed by atoms with van der Waals surface area (Å²) in [6, 6.07) is 15.2. The molecule has 4 rings (SSSR count). The van der Waals surface area contributed by atoms with Crippen LogP contribution in [0.1, 0.15) is 30.4 Å². The number of morpholine rings is 1. The molecule has 2 fully saturated rings. The Kier molecular flexibility index (Phi) is 6.70. The number of benzene rings is 2. The van der Waals surface area contributed by atoms with Crippen molar-refractivity contribution in [2.45, 2.75) is 38.0 Å². The first-order valence-electron chi connectivity index (χ1n) is 10.9. The zero-order chi connectivity index (χ0) is 22.7. The number of halogens is 1. The van der Waals surface area contributed by atoms with E-state index in [0.29, 0.717) is 23.7 Å². The Labute approximate surface area is 193 Å². The monoisotopic (exact) mass is 453 g/mol. The smallest absolute Gasteiger partial charge is 0.286 e. The van der Waals surface area contributed by atoms with E-state index in [1.165, 1.54) is 0 Å². The average molecular weight is 454 g/mol. The number of fused-ring (bicyclic) bond motifs is 1. The van der Waals surface area contributed by atoms with Crippen LogP contribution in [-0.2, 0) is 20.9 Å². The van der Waals surface area contributed by atoms with Gasteiger partial charge in [0.05, 0.1) is 6.04 Å². The lowest BCUT2D eigenvalue weighted by molar-refractivity contribution is -0.134. The van der Waals surface area contributed by atoms with Crippen molar-refractivity contribution in [3.8, 4) is 0 Å². The molecule has 1 aliphatic carbocycles. The van der Waals surface area contributed by atoms with E-state index in [9.17, 15) is 9.59 Å². The molecule has 3 unspecified atom stereocenters. The van der Waals surface area contributed by atoms with E-state index in [1.54, 1.807) is 18.2 Å². The number of nitrogens with one attached hydrogen (secondary N) is 2. The van der Waals surface area contributed by atoms with Gasteiger partial charge in [-0.15, -0.1) is 0 Å². The van der Waals surface area contributed by atoms with E-state index in [4.69, 9.17) is 16.3 Å². The van der Waals surface area contributed by atoms with Crippen molar-refractivity contribution in [3.05, 3.63) is 70.4 Å². The Morgan fingerprint density at radius 2 is 1.88 bits per heavy atom. The van der Waals surface area contributed by atoms with Crippen molar-refractivity contribution in [2.75, 3.05) is 19.0 Å². The molecule has 32 heavy (non-hydrogen) atoms. The number of anilines is 1. The van der Waals surface area contributed by atoms with E-state index in [2.05, 4.69) is 10.6 Å². The second-order valence-corrected chi connectivity index (χ2v) is 9.02. The van der Waals surface area contributed by atoms with Crippen LogP contribution < -0.4 is 15.5 Å². The van der Waals surface area contributed by atoms with Crippen molar-refractivity contribution in [2.24, 2.45) is 5.92 Å². The molecule has 0 radical (unpaired) electrons. The molecule has 1 heterocycles. The number of hydrogen-bond donors (Lipinski definition) is 2. The summed E-state index contributed by atoms with van der Waals surface area (Å²) >= 11 is 5.92. The molecule has 2 aromatic carbocycles. The van der Waals surface area contributed by atoms with Crippen LogP contribution in [0.4, 0.5) is 5.69 Å². The normalized spacial score (nSPS) is 23.7. The number of carbonyl (C=O) groups excluding carboxylic acids is 2. The average Bonchev–Trinajstić information content (AvgIpc) is 2.79. The summed E-state index contributed by atoms with van der Waals surface area (Å²) in [5.74, 6) is -0.0548. The summed E-state index contributed by atoms with van der Waals surface area (Å²) in [6.07, 6.45) is 3.64. The molecular weight excluding hydrogens is 426 g/mol. The van der Waals surface area contributed by atoms with E-state index in [1.807, 2.05) is 55.4 Å². The number of carbonyl (C=O) groups is 2. The van der Waals surface area contributed by atoms with Gasteiger partial charge < -0.3 is 20.3 Å². The quantitative estimate of drug-likeness (QED) is 0.676. The van der Waals surface area contributed by atoms with Crippen LogP contribution >= 0.6 is 11.6 Å². The third kappa shape index (κ3) is 5.25. The van der Waals surface area contributed by atoms with E-state index in [-0.39, 0.29) is 29.9 Å². The number of ether oxygens (including phenoxy) is 1. The van der Waals surface area contributed by atoms with E-state index in [0.717, 1.165) is 29.7 Å². The number of amides is 2. The molecule has 2 aromatic rings. The lowest BCUT2D eigenvalue weighted by Crippen LogP contribution is -2.54. The molecule has 2 N–H and O–H groups in total. The number of hydrogen-bond acceptors (Lipinski definition) is 4. The van der Waals surface area contributed by atoms with Gasteiger partial charge in [-0.05, 0) is 60.7 Å². The van der Waals surface area contributed by atoms with Gasteiger partial charge in [-0.25, -0.2) is 0 Å². The topological polar surface area (TPSA) is 70.7 Å². The summed E-state index contributed by atoms with van der Waals surface area (Å²) in [7, 11) is 3.99. The highest BCUT2D eigenvalue weighted by atomic mass is 35.5. The van der Waals surface area contributed by atoms with Crippen molar-refractivity contribution in [1.29, 1.82) is 0 Å². The van der Waals surface area contributed by atoms with Gasteiger partial charge in [0.1, 0.15) is 6.10 Å². The second-order valence-electron chi connectivity index (χ2n) is 8.59. The van der Waals surface area contributed by atoms with Gasteiger partial charge in [-0.3, -0.25) is 9.59 Å². The van der Waals surface area contributed by atoms with Gasteiger partial charge in [0.15, 0.2) is 5.76 Å². The SMILES string of the molecule is CN(C)c1ccc(CNC(=O)C2CCC3O/C(=C/c4ccc(Cl)cc4)C(=O)NC3C2)cc1. The van der Waals surface area contributed by atoms with Crippen LogP contribution in [0.15, 0.2) is 54.3 Å². The predicted octanol–water partition coefficient (Wildman–Crippen LogP) is 3.75. The predicted molar refractivity (Wildman–Crippen MR) is 126 cm³/mol. The molecule has 1 saturated carbocycles. The van der Waals surface area contributed by atoms with E-state index >= 15 is 0 Å². The third-order valence-electron chi connectivity index (χ3n) is 6.06. The molecule has 168 valence electrons. The van der Waals surface area contributed by atoms with Gasteiger partial charge in [0.25, 0.3) is 5.91 Å². The summed E-state index contributed by atoms with van der Waals surface area (Å²) < 4.78 is 6.01. The van der Waals surface area contributed by atoms with Crippen LogP contribution in [0.5, 0.6) is 0 Å². The third-order valence-corrected chi connectivity index (χ3v) is 6.32. The summed E-state index contributed by atoms with van der Waals surface area (Å²) in [4.78, 5) is 27.3. The summed E-state index contributed by atoms with van der Waals surface area (Å²) in [5.41, 5.74) is 3.03. The highest BCUT2D eigenvalue weighted by Gasteiger charge is 2.40. The van der Waals surface area contributed by atoms with Crippen molar-refractivity contribution in [3.63, 3.8) is 0 Å².